The molecule has 0 aromatic heterocycles. The number of allylic oxidation sites excluding steroid dienone is 12. The van der Waals surface area contributed by atoms with Crippen LogP contribution in [0.25, 0.3) is 0 Å². The van der Waals surface area contributed by atoms with Gasteiger partial charge in [-0.2, -0.15) is 0 Å². The average molecular weight is 1890 g/mol. The van der Waals surface area contributed by atoms with Gasteiger partial charge >= 0.3 is 23.9 Å². The van der Waals surface area contributed by atoms with Crippen molar-refractivity contribution in [2.75, 3.05) is 105 Å². The minimum atomic E-state index is -0.394. The lowest BCUT2D eigenvalue weighted by Gasteiger charge is -2.20. The van der Waals surface area contributed by atoms with Crippen LogP contribution >= 0.6 is 23.2 Å². The van der Waals surface area contributed by atoms with Crippen molar-refractivity contribution in [1.82, 2.24) is 19.6 Å². The van der Waals surface area contributed by atoms with Gasteiger partial charge in [-0.05, 0) is 264 Å². The van der Waals surface area contributed by atoms with Gasteiger partial charge in [0.15, 0.2) is 26.4 Å². The zero-order valence-electron chi connectivity index (χ0n) is 82.9. The van der Waals surface area contributed by atoms with E-state index in [9.17, 15) is 38.4 Å². The summed E-state index contributed by atoms with van der Waals surface area (Å²) >= 11 is 13.3. The van der Waals surface area contributed by atoms with Crippen molar-refractivity contribution in [3.8, 4) is 0 Å². The maximum atomic E-state index is 12.9. The molecule has 24 nitrogen and oxygen atoms in total. The largest absolute Gasteiger partial charge is 0.462 e. The number of oxime groups is 4. The van der Waals surface area contributed by atoms with Crippen molar-refractivity contribution in [3.63, 3.8) is 0 Å². The molecule has 4 aliphatic rings. The van der Waals surface area contributed by atoms with Gasteiger partial charge in [-0.3, -0.25) is 19.2 Å². The lowest BCUT2D eigenvalue weighted by Crippen LogP contribution is -2.35. The number of halogens is 2. The Balaban J connectivity index is 0.000000316. The van der Waals surface area contributed by atoms with E-state index in [4.69, 9.17) is 61.5 Å². The zero-order valence-corrected chi connectivity index (χ0v) is 84.4. The van der Waals surface area contributed by atoms with E-state index in [1.165, 1.54) is 0 Å². The quantitative estimate of drug-likeness (QED) is 0.0221. The van der Waals surface area contributed by atoms with Crippen molar-refractivity contribution >= 4 is 93.6 Å². The second-order valence-electron chi connectivity index (χ2n) is 33.7. The highest BCUT2D eigenvalue weighted by Gasteiger charge is 2.27. The molecule has 4 aromatic rings. The van der Waals surface area contributed by atoms with Crippen molar-refractivity contribution in [3.05, 3.63) is 233 Å². The highest BCUT2D eigenvalue weighted by Crippen LogP contribution is 2.32. The van der Waals surface area contributed by atoms with Crippen molar-refractivity contribution < 1.29 is 76.7 Å². The van der Waals surface area contributed by atoms with Crippen LogP contribution in [0, 0.1) is 55.4 Å². The third-order valence-electron chi connectivity index (χ3n) is 21.7. The number of hydrogen-bond donors (Lipinski definition) is 0. The fourth-order valence-electron chi connectivity index (χ4n) is 15.6. The normalized spacial score (nSPS) is 18.0. The molecule has 0 saturated carbocycles. The minimum absolute atomic E-state index is 0.0614. The van der Waals surface area contributed by atoms with E-state index < -0.39 is 11.9 Å². The Labute approximate surface area is 808 Å². The molecule has 732 valence electrons. The van der Waals surface area contributed by atoms with E-state index in [0.29, 0.717) is 196 Å². The maximum absolute atomic E-state index is 12.9. The van der Waals surface area contributed by atoms with Crippen LogP contribution in [-0.4, -0.2) is 195 Å². The first kappa shape index (κ1) is 114. The highest BCUT2D eigenvalue weighted by molar-refractivity contribution is 6.33. The van der Waals surface area contributed by atoms with E-state index in [2.05, 4.69) is 84.8 Å². The molecule has 0 bridgehead atoms. The van der Waals surface area contributed by atoms with Crippen LogP contribution in [0.1, 0.15) is 292 Å². The standard InChI is InChI=1S/2C27H37ClN2O4.2C27H38N2O4/c2*1-5-14-30(15-6-2)24(31)19-34-29-22-13-11-9-7-8-10-12-16-33-27(32)25-20(3)17-21(4)26(28)23(25)18-22;2*1-5-14-29(15-6-2)25(30)20-33-28-24-13-11-9-7-8-10-12-16-32-27(31)26-22(4)17-21(3)18-23(26)19-24/h2*8,10-11,13,17H,5-7,9,12,14-16,18-19H2,1-4H3;2*8,10-11,13,17-18H,5-7,9,12,14-16,19-20H2,1-4H3/b10-8+,13-11+,29-22+;10-8+,13-11+,29-22-;10-8+,13-11+,28-24+;10-8+,13-11+,28-24-. The molecule has 0 radical (unpaired) electrons. The summed E-state index contributed by atoms with van der Waals surface area (Å²) in [5.74, 6) is -1.72. The number of benzene rings is 4. The van der Waals surface area contributed by atoms with Gasteiger partial charge in [0.1, 0.15) is 0 Å². The second-order valence-corrected chi connectivity index (χ2v) is 34.5. The molecular weight excluding hydrogens is 1740 g/mol. The van der Waals surface area contributed by atoms with E-state index >= 15 is 0 Å². The Morgan fingerprint density at radius 1 is 0.291 bits per heavy atom. The molecule has 0 unspecified atom stereocenters. The van der Waals surface area contributed by atoms with Crippen molar-refractivity contribution in [1.29, 1.82) is 0 Å². The summed E-state index contributed by atoms with van der Waals surface area (Å²) in [6, 6.07) is 11.7. The van der Waals surface area contributed by atoms with Crippen molar-refractivity contribution in [2.45, 2.75) is 265 Å². The van der Waals surface area contributed by atoms with Gasteiger partial charge in [-0.25, -0.2) is 19.2 Å². The summed E-state index contributed by atoms with van der Waals surface area (Å²) in [5, 5.41) is 18.2. The summed E-state index contributed by atoms with van der Waals surface area (Å²) in [5.41, 5.74) is 14.9. The number of aryl methyl sites for hydroxylation is 8. The number of amides is 4. The summed E-state index contributed by atoms with van der Waals surface area (Å²) in [7, 11) is 0. The monoisotopic (exact) mass is 1890 g/mol. The van der Waals surface area contributed by atoms with Gasteiger partial charge in [0.25, 0.3) is 23.6 Å². The van der Waals surface area contributed by atoms with Gasteiger partial charge in [-0.1, -0.05) is 220 Å². The molecule has 0 fully saturated rings. The number of ether oxygens (including phenoxy) is 4. The molecule has 4 aromatic carbocycles. The van der Waals surface area contributed by atoms with Crippen LogP contribution in [0.5, 0.6) is 0 Å². The molecule has 0 aliphatic carbocycles. The number of carbonyl (C=O) groups is 8. The van der Waals surface area contributed by atoms with Crippen LogP contribution in [-0.2, 0) is 83.2 Å². The third kappa shape index (κ3) is 41.5. The van der Waals surface area contributed by atoms with Gasteiger partial charge in [0.05, 0.1) is 71.5 Å². The second kappa shape index (κ2) is 65.6. The number of rotatable bonds is 28. The molecule has 4 amide bonds. The van der Waals surface area contributed by atoms with E-state index in [-0.39, 0.29) is 62.0 Å². The van der Waals surface area contributed by atoms with Gasteiger partial charge in [0, 0.05) is 88.1 Å². The lowest BCUT2D eigenvalue weighted by molar-refractivity contribution is -0.136. The first-order valence-corrected chi connectivity index (χ1v) is 49.0. The fourth-order valence-corrected chi connectivity index (χ4v) is 16.0. The average Bonchev–Trinajstić information content (AvgIpc) is 0.805. The van der Waals surface area contributed by atoms with Gasteiger partial charge in [0.2, 0.25) is 0 Å². The summed E-state index contributed by atoms with van der Waals surface area (Å²) < 4.78 is 22.1. The van der Waals surface area contributed by atoms with E-state index in [0.717, 1.165) is 158 Å². The molecule has 8 rings (SSSR count). The number of cyclic esters (lactones) is 4. The molecule has 0 saturated heterocycles. The Bertz CT molecular complexity index is 4520. The number of carbonyl (C=O) groups excluding carboxylic acids is 8. The number of nitrogens with zero attached hydrogens (tertiary/aromatic N) is 8. The SMILES string of the molecule is CCCN(CCC)C(=O)CO/N=C1/C=C/CC/C=C/CCOC(=O)c2c(C)cc(C)c(Cl)c2C1.CCCN(CCC)C(=O)CO/N=C1/C=C/CC/C=C/CCOC(=O)c2c(C)cc(C)cc2C1.CCCN(CCC)C(=O)CO/N=C1\C=C\CC/C=C/CCOC(=O)c2c(C)cc(C)c(Cl)c2C1.CCCN(CCC)C(=O)CO/N=C1\C=C\CC/C=C/CCOC(=O)c2c(C)cc(C)cc2C1. The first-order chi connectivity index (χ1) is 64.7. The maximum Gasteiger partial charge on any atom is 0.338 e. The molecule has 26 heteroatoms. The summed E-state index contributed by atoms with van der Waals surface area (Å²) in [6.45, 7) is 38.4. The Hall–Kier alpha value is -11.0. The molecular formula is C108H150Cl2N8O16. The predicted molar refractivity (Wildman–Crippen MR) is 540 cm³/mol. The molecule has 0 N–H and O–H groups in total. The van der Waals surface area contributed by atoms with Gasteiger partial charge < -0.3 is 57.9 Å². The number of esters is 4. The van der Waals surface area contributed by atoms with E-state index in [1.54, 1.807) is 9.80 Å². The Morgan fingerprint density at radius 2 is 0.507 bits per heavy atom. The van der Waals surface area contributed by atoms with Gasteiger partial charge in [-0.15, -0.1) is 0 Å². The first-order valence-electron chi connectivity index (χ1n) is 48.3. The number of fused-ring (bicyclic) bond motifs is 4. The predicted octanol–water partition coefficient (Wildman–Crippen LogP) is 22.6. The smallest absolute Gasteiger partial charge is 0.338 e. The summed E-state index contributed by atoms with van der Waals surface area (Å²) in [4.78, 5) is 131. The molecule has 134 heavy (non-hydrogen) atoms. The molecule has 4 aliphatic heterocycles. The van der Waals surface area contributed by atoms with Crippen LogP contribution < -0.4 is 0 Å². The molecule has 0 atom stereocenters. The zero-order chi connectivity index (χ0) is 98.0. The Kier molecular flexibility index (Phi) is 55.6. The van der Waals surface area contributed by atoms with E-state index in [1.807, 2.05) is 190 Å². The number of hydrogen-bond acceptors (Lipinski definition) is 20. The lowest BCUT2D eigenvalue weighted by atomic mass is 9.94. The highest BCUT2D eigenvalue weighted by atomic mass is 35.5. The minimum Gasteiger partial charge on any atom is -0.462 e. The van der Waals surface area contributed by atoms with Crippen LogP contribution in [0.15, 0.2) is 154 Å². The molecule has 0 spiro atoms. The third-order valence-corrected chi connectivity index (χ3v) is 22.7. The fraction of sp³-hybridized carbons (Fsp3) is 0.519. The van der Waals surface area contributed by atoms with Crippen molar-refractivity contribution in [2.24, 2.45) is 20.6 Å². The molecule has 4 heterocycles. The topological polar surface area (TPSA) is 273 Å². The Morgan fingerprint density at radius 3 is 0.754 bits per heavy atom. The van der Waals surface area contributed by atoms with Crippen LogP contribution in [0.2, 0.25) is 10.0 Å². The summed E-state index contributed by atoms with van der Waals surface area (Å²) in [6.07, 6.45) is 50.5. The van der Waals surface area contributed by atoms with Crippen LogP contribution in [0.4, 0.5) is 0 Å². The van der Waals surface area contributed by atoms with Crippen LogP contribution in [0.3, 0.4) is 0 Å².